The van der Waals surface area contributed by atoms with Gasteiger partial charge in [-0.3, -0.25) is 4.79 Å². The lowest BCUT2D eigenvalue weighted by Gasteiger charge is -2.02. The second-order valence-electron chi connectivity index (χ2n) is 3.57. The first-order valence-corrected chi connectivity index (χ1v) is 5.20. The van der Waals surface area contributed by atoms with Crippen LogP contribution in [0.1, 0.15) is 10.4 Å². The van der Waals surface area contributed by atoms with Gasteiger partial charge in [0.1, 0.15) is 0 Å². The van der Waals surface area contributed by atoms with E-state index in [0.717, 1.165) is 11.1 Å². The van der Waals surface area contributed by atoms with Crippen LogP contribution >= 0.6 is 0 Å². The third-order valence-electron chi connectivity index (χ3n) is 2.50. The Balaban J connectivity index is 2.30. The van der Waals surface area contributed by atoms with E-state index in [0.29, 0.717) is 5.56 Å². The minimum atomic E-state index is -0.0281. The van der Waals surface area contributed by atoms with E-state index >= 15 is 0 Å². The predicted octanol–water partition coefficient (Wildman–Crippen LogP) is 3.12. The second kappa shape index (κ2) is 4.80. The first-order valence-electron chi connectivity index (χ1n) is 5.20. The largest absolute Gasteiger partial charge is 0.295 e. The van der Waals surface area contributed by atoms with Crippen LogP contribution in [0.4, 0.5) is 0 Å². The Hall–Kier alpha value is -1.83. The van der Waals surface area contributed by atoms with E-state index in [9.17, 15) is 4.79 Å². The molecule has 16 heavy (non-hydrogen) atoms. The number of carbonyl (C=O) groups excluding carboxylic acids is 1. The van der Waals surface area contributed by atoms with Crippen LogP contribution in [0.3, 0.4) is 0 Å². The molecule has 0 unspecified atom stereocenters. The van der Waals surface area contributed by atoms with Crippen molar-refractivity contribution in [1.29, 1.82) is 0 Å². The van der Waals surface area contributed by atoms with Crippen molar-refractivity contribution >= 4 is 13.6 Å². The van der Waals surface area contributed by atoms with Gasteiger partial charge in [0.05, 0.1) is 7.85 Å². The molecule has 0 aliphatic carbocycles. The number of Topliss-reactive ketones (excluding diaryl/α,β-unsaturated/α-hetero) is 1. The number of hydrogen-bond donors (Lipinski definition) is 0. The minimum absolute atomic E-state index is 0.0281. The fourth-order valence-electron chi connectivity index (χ4n) is 1.60. The van der Waals surface area contributed by atoms with E-state index in [2.05, 4.69) is 0 Å². The van der Waals surface area contributed by atoms with Crippen LogP contribution in [0.2, 0.25) is 6.32 Å². The van der Waals surface area contributed by atoms with Crippen molar-refractivity contribution in [2.75, 3.05) is 0 Å². The van der Waals surface area contributed by atoms with Crippen molar-refractivity contribution in [3.8, 4) is 11.1 Å². The van der Waals surface area contributed by atoms with Gasteiger partial charge >= 0.3 is 0 Å². The Morgan fingerprint density at radius 3 is 2.00 bits per heavy atom. The first kappa shape index (κ1) is 10.7. The molecule has 0 aliphatic heterocycles. The number of carbonyl (C=O) groups is 1. The van der Waals surface area contributed by atoms with Gasteiger partial charge in [0.15, 0.2) is 5.78 Å². The van der Waals surface area contributed by atoms with Crippen LogP contribution in [0.25, 0.3) is 11.1 Å². The monoisotopic (exact) mass is 206 g/mol. The highest BCUT2D eigenvalue weighted by atomic mass is 16.1. The molecule has 0 aromatic heterocycles. The molecule has 0 heterocycles. The zero-order chi connectivity index (χ0) is 11.4. The van der Waals surface area contributed by atoms with Gasteiger partial charge in [-0.2, -0.15) is 0 Å². The lowest BCUT2D eigenvalue weighted by atomic mass is 9.94. The average molecular weight is 206 g/mol. The summed E-state index contributed by atoms with van der Waals surface area (Å²) in [6, 6.07) is 17.6. The summed E-state index contributed by atoms with van der Waals surface area (Å²) in [5, 5.41) is 0. The highest BCUT2D eigenvalue weighted by molar-refractivity contribution is 6.24. The van der Waals surface area contributed by atoms with Gasteiger partial charge in [0.2, 0.25) is 0 Å². The molecule has 1 nitrogen and oxygen atoms in total. The first-order chi connectivity index (χ1) is 7.81. The molecule has 0 saturated carbocycles. The van der Waals surface area contributed by atoms with Crippen molar-refractivity contribution in [2.45, 2.75) is 6.32 Å². The molecule has 0 N–H and O–H groups in total. The zero-order valence-corrected chi connectivity index (χ0v) is 8.89. The Labute approximate surface area is 96.5 Å². The van der Waals surface area contributed by atoms with Gasteiger partial charge in [-0.05, 0) is 17.4 Å². The highest BCUT2D eigenvalue weighted by Gasteiger charge is 2.02. The summed E-state index contributed by atoms with van der Waals surface area (Å²) in [4.78, 5) is 11.3. The second-order valence-corrected chi connectivity index (χ2v) is 3.57. The quantitative estimate of drug-likeness (QED) is 0.556. The topological polar surface area (TPSA) is 17.1 Å². The normalized spacial score (nSPS) is 10.0. The number of rotatable bonds is 3. The summed E-state index contributed by atoms with van der Waals surface area (Å²) in [5.41, 5.74) is 2.92. The molecular weight excluding hydrogens is 195 g/mol. The van der Waals surface area contributed by atoms with Crippen molar-refractivity contribution in [2.24, 2.45) is 0 Å². The molecule has 0 amide bonds. The molecule has 2 rings (SSSR count). The van der Waals surface area contributed by atoms with Crippen molar-refractivity contribution in [3.05, 3.63) is 60.2 Å². The number of ketones is 1. The zero-order valence-electron chi connectivity index (χ0n) is 8.89. The molecule has 0 spiro atoms. The summed E-state index contributed by atoms with van der Waals surface area (Å²) in [7, 11) is 5.30. The van der Waals surface area contributed by atoms with E-state index in [-0.39, 0.29) is 12.1 Å². The van der Waals surface area contributed by atoms with E-state index in [1.165, 1.54) is 0 Å². The van der Waals surface area contributed by atoms with Gasteiger partial charge in [-0.15, -0.1) is 0 Å². The molecule has 76 valence electrons. The lowest BCUT2D eigenvalue weighted by molar-refractivity contribution is 0.101. The van der Waals surface area contributed by atoms with Crippen molar-refractivity contribution in [1.82, 2.24) is 0 Å². The SMILES string of the molecule is [B]CC(=O)c1ccc(-c2ccccc2)cc1. The Morgan fingerprint density at radius 1 is 0.875 bits per heavy atom. The maximum Gasteiger partial charge on any atom is 0.154 e. The fourth-order valence-corrected chi connectivity index (χ4v) is 1.60. The fraction of sp³-hybridized carbons (Fsp3) is 0.0714. The molecular formula is C14H11BO. The third-order valence-corrected chi connectivity index (χ3v) is 2.50. The molecule has 2 heteroatoms. The van der Waals surface area contributed by atoms with E-state index < -0.39 is 0 Å². The van der Waals surface area contributed by atoms with Crippen LogP contribution in [-0.4, -0.2) is 13.6 Å². The van der Waals surface area contributed by atoms with Crippen molar-refractivity contribution < 1.29 is 4.79 Å². The van der Waals surface area contributed by atoms with E-state index in [4.69, 9.17) is 7.85 Å². The average Bonchev–Trinajstić information content (AvgIpc) is 2.39. The Bertz CT molecular complexity index is 474. The van der Waals surface area contributed by atoms with Crippen LogP contribution in [0.5, 0.6) is 0 Å². The highest BCUT2D eigenvalue weighted by Crippen LogP contribution is 2.19. The summed E-state index contributed by atoms with van der Waals surface area (Å²) in [5.74, 6) is -0.0281. The van der Waals surface area contributed by atoms with Gasteiger partial charge in [-0.1, -0.05) is 54.6 Å². The number of hydrogen-bond acceptors (Lipinski definition) is 1. The maximum atomic E-state index is 11.3. The van der Waals surface area contributed by atoms with E-state index in [1.54, 1.807) is 0 Å². The predicted molar refractivity (Wildman–Crippen MR) is 66.8 cm³/mol. The molecule has 2 aromatic carbocycles. The smallest absolute Gasteiger partial charge is 0.154 e. The molecule has 2 aromatic rings. The number of benzene rings is 2. The third kappa shape index (κ3) is 2.22. The minimum Gasteiger partial charge on any atom is -0.295 e. The summed E-state index contributed by atoms with van der Waals surface area (Å²) in [6.45, 7) is 0. The van der Waals surface area contributed by atoms with Crippen LogP contribution in [0, 0.1) is 0 Å². The molecule has 0 saturated heterocycles. The molecule has 2 radical (unpaired) electrons. The maximum absolute atomic E-state index is 11.3. The van der Waals surface area contributed by atoms with Crippen molar-refractivity contribution in [3.63, 3.8) is 0 Å². The Morgan fingerprint density at radius 2 is 1.44 bits per heavy atom. The summed E-state index contributed by atoms with van der Waals surface area (Å²) < 4.78 is 0. The molecule has 0 fully saturated rings. The van der Waals surface area contributed by atoms with Gasteiger partial charge in [0.25, 0.3) is 0 Å². The van der Waals surface area contributed by atoms with E-state index in [1.807, 2.05) is 54.6 Å². The van der Waals surface area contributed by atoms with Gasteiger partial charge in [-0.25, -0.2) is 0 Å². The van der Waals surface area contributed by atoms with Crippen LogP contribution in [-0.2, 0) is 0 Å². The van der Waals surface area contributed by atoms with Gasteiger partial charge in [0, 0.05) is 5.56 Å². The molecule has 0 atom stereocenters. The molecule has 0 bridgehead atoms. The van der Waals surface area contributed by atoms with Gasteiger partial charge < -0.3 is 0 Å². The Kier molecular flexibility index (Phi) is 3.20. The summed E-state index contributed by atoms with van der Waals surface area (Å²) >= 11 is 0. The lowest BCUT2D eigenvalue weighted by Crippen LogP contribution is -1.96. The van der Waals surface area contributed by atoms with Crippen LogP contribution < -0.4 is 0 Å². The molecule has 0 aliphatic rings. The standard InChI is InChI=1S/C14H11BO/c15-10-14(16)13-8-6-12(7-9-13)11-4-2-1-3-5-11/h1-9H,10H2. The van der Waals surface area contributed by atoms with Crippen LogP contribution in [0.15, 0.2) is 54.6 Å². The summed E-state index contributed by atoms with van der Waals surface area (Å²) in [6.07, 6.45) is 0.0602.